The number of fused-ring (bicyclic) bond motifs is 1. The van der Waals surface area contributed by atoms with Crippen molar-refractivity contribution in [1.29, 1.82) is 5.26 Å². The zero-order valence-corrected chi connectivity index (χ0v) is 17.0. The van der Waals surface area contributed by atoms with Crippen LogP contribution in [0.4, 0.5) is 11.6 Å². The van der Waals surface area contributed by atoms with Gasteiger partial charge in [0.2, 0.25) is 0 Å². The molecule has 0 unspecified atom stereocenters. The van der Waals surface area contributed by atoms with Gasteiger partial charge in [-0.1, -0.05) is 0 Å². The number of piperidine rings is 1. The van der Waals surface area contributed by atoms with Crippen LogP contribution in [0.15, 0.2) is 42.7 Å². The molecule has 0 amide bonds. The fourth-order valence-electron chi connectivity index (χ4n) is 4.33. The smallest absolute Gasteiger partial charge is 0.150 e. The van der Waals surface area contributed by atoms with Crippen molar-refractivity contribution >= 4 is 22.5 Å². The van der Waals surface area contributed by atoms with Gasteiger partial charge in [-0.3, -0.25) is 4.98 Å². The SMILES string of the molecule is COc1ccc2nc(N3CC(c4nccnc4N4CCC(C#N)CC4)C3)ccc2c1. The van der Waals surface area contributed by atoms with Crippen molar-refractivity contribution in [3.05, 3.63) is 48.4 Å². The second kappa shape index (κ2) is 7.79. The minimum Gasteiger partial charge on any atom is -0.497 e. The number of anilines is 2. The summed E-state index contributed by atoms with van der Waals surface area (Å²) in [7, 11) is 1.68. The average Bonchev–Trinajstić information content (AvgIpc) is 2.78. The van der Waals surface area contributed by atoms with Crippen molar-refractivity contribution in [2.75, 3.05) is 43.1 Å². The van der Waals surface area contributed by atoms with Crippen molar-refractivity contribution < 1.29 is 4.74 Å². The first-order valence-electron chi connectivity index (χ1n) is 10.4. The van der Waals surface area contributed by atoms with Crippen molar-refractivity contribution in [1.82, 2.24) is 15.0 Å². The molecule has 2 aliphatic heterocycles. The molecule has 3 aromatic rings. The van der Waals surface area contributed by atoms with E-state index in [9.17, 15) is 0 Å². The first-order chi connectivity index (χ1) is 14.7. The largest absolute Gasteiger partial charge is 0.497 e. The Labute approximate surface area is 175 Å². The van der Waals surface area contributed by atoms with Crippen LogP contribution in [0.3, 0.4) is 0 Å². The zero-order chi connectivity index (χ0) is 20.5. The molecule has 0 spiro atoms. The summed E-state index contributed by atoms with van der Waals surface area (Å²) in [5, 5.41) is 10.2. The monoisotopic (exact) mass is 400 g/mol. The van der Waals surface area contributed by atoms with Crippen LogP contribution in [0.1, 0.15) is 24.5 Å². The van der Waals surface area contributed by atoms with E-state index in [-0.39, 0.29) is 5.92 Å². The van der Waals surface area contributed by atoms with Gasteiger partial charge in [-0.25, -0.2) is 9.97 Å². The number of pyridine rings is 1. The zero-order valence-electron chi connectivity index (χ0n) is 17.0. The third kappa shape index (κ3) is 3.39. The number of hydrogen-bond donors (Lipinski definition) is 0. The lowest BCUT2D eigenvalue weighted by Crippen LogP contribution is -2.47. The maximum absolute atomic E-state index is 9.15. The summed E-state index contributed by atoms with van der Waals surface area (Å²) in [6, 6.07) is 12.5. The number of nitriles is 1. The van der Waals surface area contributed by atoms with Gasteiger partial charge in [-0.15, -0.1) is 0 Å². The van der Waals surface area contributed by atoms with Crippen LogP contribution in [-0.4, -0.2) is 48.2 Å². The fraction of sp³-hybridized carbons (Fsp3) is 0.391. The normalized spacial score (nSPS) is 17.6. The van der Waals surface area contributed by atoms with Crippen molar-refractivity contribution in [2.45, 2.75) is 18.8 Å². The van der Waals surface area contributed by atoms with Gasteiger partial charge in [0, 0.05) is 55.8 Å². The molecule has 0 aliphatic carbocycles. The van der Waals surface area contributed by atoms with E-state index < -0.39 is 0 Å². The van der Waals surface area contributed by atoms with Gasteiger partial charge in [0.25, 0.3) is 0 Å². The molecule has 4 heterocycles. The summed E-state index contributed by atoms with van der Waals surface area (Å²) in [4.78, 5) is 18.7. The summed E-state index contributed by atoms with van der Waals surface area (Å²) in [5.74, 6) is 3.33. The van der Waals surface area contributed by atoms with Crippen LogP contribution in [-0.2, 0) is 0 Å². The number of aromatic nitrogens is 3. The van der Waals surface area contributed by atoms with Crippen molar-refractivity contribution in [2.24, 2.45) is 5.92 Å². The highest BCUT2D eigenvalue weighted by Crippen LogP contribution is 2.35. The third-order valence-corrected chi connectivity index (χ3v) is 6.16. The predicted molar refractivity (Wildman–Crippen MR) is 116 cm³/mol. The Bertz CT molecular complexity index is 1100. The molecular weight excluding hydrogens is 376 g/mol. The maximum atomic E-state index is 9.15. The lowest BCUT2D eigenvalue weighted by atomic mass is 9.94. The molecule has 152 valence electrons. The van der Waals surface area contributed by atoms with E-state index in [2.05, 4.69) is 38.0 Å². The Morgan fingerprint density at radius 2 is 1.83 bits per heavy atom. The van der Waals surface area contributed by atoms with E-state index in [0.29, 0.717) is 5.92 Å². The first kappa shape index (κ1) is 18.6. The molecule has 2 fully saturated rings. The van der Waals surface area contributed by atoms with Crippen LogP contribution >= 0.6 is 0 Å². The third-order valence-electron chi connectivity index (χ3n) is 6.16. The Kier molecular flexibility index (Phi) is 4.83. The molecule has 0 bridgehead atoms. The first-order valence-corrected chi connectivity index (χ1v) is 10.4. The number of ether oxygens (including phenoxy) is 1. The molecular formula is C23H24N6O. The highest BCUT2D eigenvalue weighted by molar-refractivity contribution is 5.82. The average molecular weight is 400 g/mol. The lowest BCUT2D eigenvalue weighted by molar-refractivity contribution is 0.415. The second-order valence-corrected chi connectivity index (χ2v) is 7.99. The molecule has 30 heavy (non-hydrogen) atoms. The summed E-state index contributed by atoms with van der Waals surface area (Å²) >= 11 is 0. The molecule has 2 saturated heterocycles. The van der Waals surface area contributed by atoms with E-state index in [1.807, 2.05) is 18.2 Å². The molecule has 0 N–H and O–H groups in total. The minimum atomic E-state index is 0.166. The summed E-state index contributed by atoms with van der Waals surface area (Å²) in [6.07, 6.45) is 5.35. The van der Waals surface area contributed by atoms with Gasteiger partial charge in [0.1, 0.15) is 11.6 Å². The second-order valence-electron chi connectivity index (χ2n) is 7.99. The van der Waals surface area contributed by atoms with Crippen molar-refractivity contribution in [3.8, 4) is 11.8 Å². The minimum absolute atomic E-state index is 0.166. The summed E-state index contributed by atoms with van der Waals surface area (Å²) < 4.78 is 5.30. The molecule has 0 saturated carbocycles. The van der Waals surface area contributed by atoms with Crippen LogP contribution in [0.5, 0.6) is 5.75 Å². The molecule has 2 aromatic heterocycles. The molecule has 7 nitrogen and oxygen atoms in total. The molecule has 0 radical (unpaired) electrons. The van der Waals surface area contributed by atoms with Gasteiger partial charge < -0.3 is 14.5 Å². The number of nitrogens with zero attached hydrogens (tertiary/aromatic N) is 6. The lowest BCUT2D eigenvalue weighted by Gasteiger charge is -2.41. The predicted octanol–water partition coefficient (Wildman–Crippen LogP) is 3.38. The van der Waals surface area contributed by atoms with Gasteiger partial charge in [-0.05, 0) is 43.2 Å². The topological polar surface area (TPSA) is 78.2 Å². The molecule has 2 aliphatic rings. The van der Waals surface area contributed by atoms with E-state index in [1.54, 1.807) is 19.5 Å². The molecule has 7 heteroatoms. The van der Waals surface area contributed by atoms with Crippen LogP contribution < -0.4 is 14.5 Å². The molecule has 0 atom stereocenters. The number of hydrogen-bond acceptors (Lipinski definition) is 7. The summed E-state index contributed by atoms with van der Waals surface area (Å²) in [5.41, 5.74) is 2.03. The number of benzene rings is 1. The quantitative estimate of drug-likeness (QED) is 0.664. The van der Waals surface area contributed by atoms with Gasteiger partial charge in [0.15, 0.2) is 5.82 Å². The fourth-order valence-corrected chi connectivity index (χ4v) is 4.33. The van der Waals surface area contributed by atoms with E-state index in [0.717, 1.165) is 73.0 Å². The van der Waals surface area contributed by atoms with Gasteiger partial charge >= 0.3 is 0 Å². The van der Waals surface area contributed by atoms with E-state index in [1.165, 1.54) is 0 Å². The molecule has 5 rings (SSSR count). The maximum Gasteiger partial charge on any atom is 0.150 e. The van der Waals surface area contributed by atoms with Crippen molar-refractivity contribution in [3.63, 3.8) is 0 Å². The Balaban J connectivity index is 1.30. The van der Waals surface area contributed by atoms with Crippen LogP contribution in [0, 0.1) is 17.2 Å². The van der Waals surface area contributed by atoms with Crippen LogP contribution in [0.25, 0.3) is 10.9 Å². The standard InChI is InChI=1S/C23H24N6O/c1-30-19-3-4-20-17(12-19)2-5-21(27-20)29-14-18(15-29)22-23(26-9-8-25-22)28-10-6-16(13-24)7-11-28/h2-5,8-9,12,16,18H,6-7,10-11,14-15H2,1H3. The Morgan fingerprint density at radius 1 is 1.03 bits per heavy atom. The Hall–Kier alpha value is -3.40. The number of methoxy groups -OCH3 is 1. The van der Waals surface area contributed by atoms with Gasteiger partial charge in [-0.2, -0.15) is 5.26 Å². The summed E-state index contributed by atoms with van der Waals surface area (Å²) in [6.45, 7) is 3.51. The van der Waals surface area contributed by atoms with Gasteiger partial charge in [0.05, 0.1) is 24.4 Å². The van der Waals surface area contributed by atoms with E-state index in [4.69, 9.17) is 15.0 Å². The highest BCUT2D eigenvalue weighted by atomic mass is 16.5. The van der Waals surface area contributed by atoms with Crippen LogP contribution in [0.2, 0.25) is 0 Å². The Morgan fingerprint density at radius 3 is 2.60 bits per heavy atom. The van der Waals surface area contributed by atoms with E-state index >= 15 is 0 Å². The number of rotatable bonds is 4. The highest BCUT2D eigenvalue weighted by Gasteiger charge is 2.34. The molecule has 1 aromatic carbocycles.